The van der Waals surface area contributed by atoms with E-state index in [-0.39, 0.29) is 11.8 Å². The van der Waals surface area contributed by atoms with Gasteiger partial charge in [-0.25, -0.2) is 0 Å². The third-order valence-corrected chi connectivity index (χ3v) is 5.03. The highest BCUT2D eigenvalue weighted by Crippen LogP contribution is 2.29. The van der Waals surface area contributed by atoms with E-state index in [0.717, 1.165) is 38.8 Å². The first-order valence-electron chi connectivity index (χ1n) is 8.42. The van der Waals surface area contributed by atoms with Crippen LogP contribution in [0.5, 0.6) is 0 Å². The van der Waals surface area contributed by atoms with E-state index in [4.69, 9.17) is 5.73 Å². The fraction of sp³-hybridized carbons (Fsp3) is 0.938. The highest BCUT2D eigenvalue weighted by molar-refractivity contribution is 5.78. The highest BCUT2D eigenvalue weighted by atomic mass is 16.1. The molecule has 1 aliphatic carbocycles. The summed E-state index contributed by atoms with van der Waals surface area (Å²) in [5, 5.41) is 3.11. The molecule has 0 spiro atoms. The van der Waals surface area contributed by atoms with E-state index >= 15 is 0 Å². The Morgan fingerprint density at radius 1 is 1.30 bits per heavy atom. The van der Waals surface area contributed by atoms with Crippen molar-refractivity contribution in [1.29, 1.82) is 0 Å². The first kappa shape index (κ1) is 15.8. The summed E-state index contributed by atoms with van der Waals surface area (Å²) in [4.78, 5) is 14.7. The summed E-state index contributed by atoms with van der Waals surface area (Å²) in [5.41, 5.74) is 6.02. The van der Waals surface area contributed by atoms with Gasteiger partial charge in [0.05, 0.1) is 0 Å². The molecule has 2 fully saturated rings. The van der Waals surface area contributed by atoms with Crippen molar-refractivity contribution in [2.24, 2.45) is 17.6 Å². The topological polar surface area (TPSA) is 58.4 Å². The Morgan fingerprint density at radius 3 is 2.75 bits per heavy atom. The zero-order valence-electron chi connectivity index (χ0n) is 12.9. The molecule has 3 atom stereocenters. The minimum absolute atomic E-state index is 0.119. The van der Waals surface area contributed by atoms with Gasteiger partial charge in [-0.1, -0.05) is 13.3 Å². The van der Waals surface area contributed by atoms with Crippen LogP contribution in [0, 0.1) is 11.8 Å². The molecule has 0 bridgehead atoms. The van der Waals surface area contributed by atoms with Crippen molar-refractivity contribution in [3.63, 3.8) is 0 Å². The lowest BCUT2D eigenvalue weighted by Crippen LogP contribution is -2.38. The van der Waals surface area contributed by atoms with Crippen molar-refractivity contribution in [3.05, 3.63) is 0 Å². The molecular weight excluding hydrogens is 250 g/mol. The first-order valence-corrected chi connectivity index (χ1v) is 8.42. The second kappa shape index (κ2) is 7.99. The van der Waals surface area contributed by atoms with Crippen LogP contribution in [0.4, 0.5) is 0 Å². The summed E-state index contributed by atoms with van der Waals surface area (Å²) < 4.78 is 0. The van der Waals surface area contributed by atoms with Gasteiger partial charge in [-0.15, -0.1) is 0 Å². The van der Waals surface area contributed by atoms with Crippen molar-refractivity contribution >= 4 is 5.91 Å². The maximum atomic E-state index is 12.2. The number of carbonyl (C=O) groups excluding carboxylic acids is 1. The lowest BCUT2D eigenvalue weighted by atomic mass is 9.78. The normalized spacial score (nSPS) is 29.3. The van der Waals surface area contributed by atoms with Crippen molar-refractivity contribution in [1.82, 2.24) is 10.2 Å². The summed E-state index contributed by atoms with van der Waals surface area (Å²) in [7, 11) is 0. The largest absolute Gasteiger partial charge is 0.356 e. The molecule has 1 amide bonds. The Kier molecular flexibility index (Phi) is 6.30. The quantitative estimate of drug-likeness (QED) is 0.729. The Bertz CT molecular complexity index is 302. The van der Waals surface area contributed by atoms with E-state index in [1.807, 2.05) is 0 Å². The number of amides is 1. The number of nitrogens with zero attached hydrogens (tertiary/aromatic N) is 1. The molecule has 2 aliphatic rings. The summed E-state index contributed by atoms with van der Waals surface area (Å²) in [6, 6.07) is 0.305. The third kappa shape index (κ3) is 4.74. The number of hydrogen-bond donors (Lipinski definition) is 2. The van der Waals surface area contributed by atoms with Gasteiger partial charge in [0.15, 0.2) is 0 Å². The molecule has 0 aromatic rings. The van der Waals surface area contributed by atoms with E-state index in [9.17, 15) is 4.79 Å². The fourth-order valence-corrected chi connectivity index (χ4v) is 3.62. The van der Waals surface area contributed by atoms with Crippen LogP contribution in [0.25, 0.3) is 0 Å². The fourth-order valence-electron chi connectivity index (χ4n) is 3.62. The molecular formula is C16H31N3O. The summed E-state index contributed by atoms with van der Waals surface area (Å²) in [5.74, 6) is 0.830. The summed E-state index contributed by atoms with van der Waals surface area (Å²) in [6.07, 6.45) is 8.23. The van der Waals surface area contributed by atoms with Gasteiger partial charge in [-0.3, -0.25) is 4.79 Å². The average Bonchev–Trinajstić information content (AvgIpc) is 2.95. The summed E-state index contributed by atoms with van der Waals surface area (Å²) >= 11 is 0. The Hall–Kier alpha value is -0.610. The molecule has 0 radical (unpaired) electrons. The second-order valence-electron chi connectivity index (χ2n) is 6.67. The van der Waals surface area contributed by atoms with E-state index in [1.165, 1.54) is 32.4 Å². The Balaban J connectivity index is 1.60. The van der Waals surface area contributed by atoms with Gasteiger partial charge < -0.3 is 16.0 Å². The van der Waals surface area contributed by atoms with Crippen molar-refractivity contribution in [3.8, 4) is 0 Å². The number of nitrogens with two attached hydrogens (primary N) is 1. The molecule has 1 saturated carbocycles. The predicted molar refractivity (Wildman–Crippen MR) is 82.4 cm³/mol. The zero-order chi connectivity index (χ0) is 14.4. The number of hydrogen-bond acceptors (Lipinski definition) is 3. The molecule has 0 aromatic heterocycles. The van der Waals surface area contributed by atoms with Crippen LogP contribution in [0.2, 0.25) is 0 Å². The summed E-state index contributed by atoms with van der Waals surface area (Å²) in [6.45, 7) is 6.49. The van der Waals surface area contributed by atoms with Crippen LogP contribution in [0.1, 0.15) is 51.9 Å². The van der Waals surface area contributed by atoms with Crippen LogP contribution in [0.3, 0.4) is 0 Å². The van der Waals surface area contributed by atoms with E-state index in [1.54, 1.807) is 0 Å². The molecule has 0 aromatic carbocycles. The van der Waals surface area contributed by atoms with Gasteiger partial charge in [0, 0.05) is 18.5 Å². The smallest absolute Gasteiger partial charge is 0.223 e. The zero-order valence-corrected chi connectivity index (χ0v) is 12.9. The molecule has 4 heteroatoms. The molecule has 1 saturated heterocycles. The number of nitrogens with one attached hydrogen (secondary N) is 1. The maximum Gasteiger partial charge on any atom is 0.223 e. The van der Waals surface area contributed by atoms with Gasteiger partial charge in [0.1, 0.15) is 0 Å². The maximum absolute atomic E-state index is 12.2. The van der Waals surface area contributed by atoms with Crippen LogP contribution in [0.15, 0.2) is 0 Å². The van der Waals surface area contributed by atoms with Crippen LogP contribution in [-0.2, 0) is 4.79 Å². The standard InChI is InChI=1S/C16H31N3O/c1-13(14-6-4-7-15(17)12-14)16(20)18-8-5-11-19-9-2-3-10-19/h13-15H,2-12,17H2,1H3,(H,18,20). The van der Waals surface area contributed by atoms with Crippen molar-refractivity contribution in [2.45, 2.75) is 57.9 Å². The van der Waals surface area contributed by atoms with Crippen LogP contribution in [-0.4, -0.2) is 43.0 Å². The minimum Gasteiger partial charge on any atom is -0.356 e. The van der Waals surface area contributed by atoms with Crippen LogP contribution < -0.4 is 11.1 Å². The Labute approximate surface area is 123 Å². The lowest BCUT2D eigenvalue weighted by Gasteiger charge is -2.30. The van der Waals surface area contributed by atoms with Gasteiger partial charge in [0.2, 0.25) is 5.91 Å². The Morgan fingerprint density at radius 2 is 2.05 bits per heavy atom. The average molecular weight is 281 g/mol. The monoisotopic (exact) mass is 281 g/mol. The van der Waals surface area contributed by atoms with Crippen LogP contribution >= 0.6 is 0 Å². The van der Waals surface area contributed by atoms with Gasteiger partial charge in [-0.2, -0.15) is 0 Å². The highest BCUT2D eigenvalue weighted by Gasteiger charge is 2.28. The van der Waals surface area contributed by atoms with E-state index in [0.29, 0.717) is 12.0 Å². The minimum atomic E-state index is 0.119. The SMILES string of the molecule is CC(C(=O)NCCCN1CCCC1)C1CCCC(N)C1. The molecule has 1 aliphatic heterocycles. The van der Waals surface area contributed by atoms with E-state index < -0.39 is 0 Å². The molecule has 4 nitrogen and oxygen atoms in total. The number of likely N-dealkylation sites (tertiary alicyclic amines) is 1. The molecule has 2 rings (SSSR count). The molecule has 3 N–H and O–H groups in total. The van der Waals surface area contributed by atoms with Crippen molar-refractivity contribution < 1.29 is 4.79 Å². The second-order valence-corrected chi connectivity index (χ2v) is 6.67. The predicted octanol–water partition coefficient (Wildman–Crippen LogP) is 1.74. The lowest BCUT2D eigenvalue weighted by molar-refractivity contribution is -0.126. The third-order valence-electron chi connectivity index (χ3n) is 5.03. The molecule has 3 unspecified atom stereocenters. The van der Waals surface area contributed by atoms with Gasteiger partial charge in [-0.05, 0) is 64.1 Å². The van der Waals surface area contributed by atoms with Crippen molar-refractivity contribution in [2.75, 3.05) is 26.2 Å². The van der Waals surface area contributed by atoms with E-state index in [2.05, 4.69) is 17.1 Å². The first-order chi connectivity index (χ1) is 9.66. The van der Waals surface area contributed by atoms with Gasteiger partial charge >= 0.3 is 0 Å². The number of carbonyl (C=O) groups is 1. The van der Waals surface area contributed by atoms with Gasteiger partial charge in [0.25, 0.3) is 0 Å². The molecule has 116 valence electrons. The molecule has 1 heterocycles. The number of rotatable bonds is 6. The molecule has 20 heavy (non-hydrogen) atoms.